The van der Waals surface area contributed by atoms with Gasteiger partial charge in [-0.2, -0.15) is 0 Å². The Hall–Kier alpha value is -8.98. The molecule has 3 aliphatic rings. The lowest BCUT2D eigenvalue weighted by molar-refractivity contribution is 0.753. The average molecular weight is 891 g/mol. The molecule has 2 heteroatoms. The molecule has 1 unspecified atom stereocenters. The topological polar surface area (TPSA) is 6.48 Å². The Morgan fingerprint density at radius 2 is 0.743 bits per heavy atom. The van der Waals surface area contributed by atoms with E-state index in [1.807, 2.05) is 0 Å². The minimum absolute atomic E-state index is 0.537. The molecule has 1 heterocycles. The lowest BCUT2D eigenvalue weighted by Gasteiger charge is -2.45. The van der Waals surface area contributed by atoms with Crippen LogP contribution in [-0.2, 0) is 10.8 Å². The van der Waals surface area contributed by atoms with Crippen LogP contribution < -0.4 is 9.80 Å². The zero-order valence-electron chi connectivity index (χ0n) is 38.5. The van der Waals surface area contributed by atoms with E-state index < -0.39 is 10.8 Å². The summed E-state index contributed by atoms with van der Waals surface area (Å²) in [5.41, 5.74) is 23.3. The Balaban J connectivity index is 1.06. The van der Waals surface area contributed by atoms with Gasteiger partial charge in [-0.05, 0) is 133 Å². The maximum absolute atomic E-state index is 2.52. The molecule has 0 spiro atoms. The van der Waals surface area contributed by atoms with Crippen molar-refractivity contribution in [3.05, 3.63) is 324 Å². The van der Waals surface area contributed by atoms with Crippen LogP contribution >= 0.6 is 0 Å². The second-order valence-corrected chi connectivity index (χ2v) is 18.7. The van der Waals surface area contributed by atoms with Crippen molar-refractivity contribution in [1.82, 2.24) is 0 Å². The van der Waals surface area contributed by atoms with E-state index in [0.717, 1.165) is 22.7 Å². The van der Waals surface area contributed by atoms with E-state index in [2.05, 4.69) is 289 Å². The fraction of sp³-hybridized carbons (Fsp3) is 0.0294. The molecule has 1 aliphatic heterocycles. The van der Waals surface area contributed by atoms with Crippen LogP contribution in [0.4, 0.5) is 34.1 Å². The largest absolute Gasteiger partial charge is 0.310 e. The summed E-state index contributed by atoms with van der Waals surface area (Å²) in [6, 6.07) is 104. The maximum Gasteiger partial charge on any atom is 0.0755 e. The molecule has 0 bridgehead atoms. The number of para-hydroxylation sites is 3. The third-order valence-electron chi connectivity index (χ3n) is 15.3. The highest BCUT2D eigenvalue weighted by atomic mass is 15.2. The zero-order valence-corrected chi connectivity index (χ0v) is 38.5. The number of hydrogen-bond acceptors (Lipinski definition) is 2. The van der Waals surface area contributed by atoms with E-state index >= 15 is 0 Å². The van der Waals surface area contributed by atoms with Crippen molar-refractivity contribution in [2.75, 3.05) is 9.80 Å². The van der Waals surface area contributed by atoms with Gasteiger partial charge in [0, 0.05) is 28.3 Å². The SMILES string of the molecule is c1ccc(-c2ccc3c4c2-c2ccc(N(c5ccccc5)c5ccc6c(c5)C(c5ccccc5)(c5ccccc5)c5ccccc5-6)cc2C4(c2ccccc2)c2ccccc2N3c2ccccc2)cc1. The molecule has 14 rings (SSSR count). The van der Waals surface area contributed by atoms with Gasteiger partial charge in [0.1, 0.15) is 0 Å². The summed E-state index contributed by atoms with van der Waals surface area (Å²) >= 11 is 0. The van der Waals surface area contributed by atoms with Crippen LogP contribution in [0.5, 0.6) is 0 Å². The number of fused-ring (bicyclic) bond motifs is 8. The number of rotatable bonds is 8. The van der Waals surface area contributed by atoms with Crippen molar-refractivity contribution >= 4 is 34.1 Å². The molecule has 0 fully saturated rings. The Kier molecular flexibility index (Phi) is 9.06. The maximum atomic E-state index is 2.52. The summed E-state index contributed by atoms with van der Waals surface area (Å²) in [6.45, 7) is 0. The predicted molar refractivity (Wildman–Crippen MR) is 289 cm³/mol. The smallest absolute Gasteiger partial charge is 0.0755 e. The van der Waals surface area contributed by atoms with Crippen LogP contribution in [0.1, 0.15) is 44.5 Å². The number of anilines is 6. The molecule has 70 heavy (non-hydrogen) atoms. The molecule has 2 aliphatic carbocycles. The number of nitrogens with zero attached hydrogens (tertiary/aromatic N) is 2. The van der Waals surface area contributed by atoms with Crippen LogP contribution in [-0.4, -0.2) is 0 Å². The van der Waals surface area contributed by atoms with E-state index in [0.29, 0.717) is 0 Å². The Morgan fingerprint density at radius 3 is 1.37 bits per heavy atom. The Labute approximate surface area is 409 Å². The highest BCUT2D eigenvalue weighted by Gasteiger charge is 2.54. The van der Waals surface area contributed by atoms with Crippen molar-refractivity contribution in [1.29, 1.82) is 0 Å². The van der Waals surface area contributed by atoms with Gasteiger partial charge in [-0.25, -0.2) is 0 Å². The minimum Gasteiger partial charge on any atom is -0.310 e. The molecule has 11 aromatic carbocycles. The average Bonchev–Trinajstić information content (AvgIpc) is 3.92. The van der Waals surface area contributed by atoms with Crippen LogP contribution in [0.3, 0.4) is 0 Å². The predicted octanol–water partition coefficient (Wildman–Crippen LogP) is 17.3. The van der Waals surface area contributed by atoms with Gasteiger partial charge in [-0.1, -0.05) is 218 Å². The molecule has 11 aromatic rings. The van der Waals surface area contributed by atoms with Gasteiger partial charge in [-0.3, -0.25) is 0 Å². The molecular weight excluding hydrogens is 845 g/mol. The summed E-state index contributed by atoms with van der Waals surface area (Å²) in [5.74, 6) is 0. The van der Waals surface area contributed by atoms with Gasteiger partial charge in [-0.15, -0.1) is 0 Å². The summed E-state index contributed by atoms with van der Waals surface area (Å²) in [7, 11) is 0. The fourth-order valence-corrected chi connectivity index (χ4v) is 12.6. The van der Waals surface area contributed by atoms with E-state index in [9.17, 15) is 0 Å². The number of hydrogen-bond donors (Lipinski definition) is 0. The molecule has 0 radical (unpaired) electrons. The van der Waals surface area contributed by atoms with Crippen LogP contribution in [0.25, 0.3) is 33.4 Å². The molecular formula is C68H46N2. The third kappa shape index (κ3) is 5.62. The second kappa shape index (κ2) is 15.8. The summed E-state index contributed by atoms with van der Waals surface area (Å²) in [6.07, 6.45) is 0. The fourth-order valence-electron chi connectivity index (χ4n) is 12.6. The van der Waals surface area contributed by atoms with Crippen molar-refractivity contribution in [3.8, 4) is 33.4 Å². The summed E-state index contributed by atoms with van der Waals surface area (Å²) < 4.78 is 0. The molecule has 328 valence electrons. The van der Waals surface area contributed by atoms with Crippen LogP contribution in [0, 0.1) is 0 Å². The summed E-state index contributed by atoms with van der Waals surface area (Å²) in [5, 5.41) is 0. The van der Waals surface area contributed by atoms with E-state index in [4.69, 9.17) is 0 Å². The first-order valence-corrected chi connectivity index (χ1v) is 24.3. The zero-order chi connectivity index (χ0) is 46.2. The highest BCUT2D eigenvalue weighted by Crippen LogP contribution is 2.67. The van der Waals surface area contributed by atoms with Crippen molar-refractivity contribution in [3.63, 3.8) is 0 Å². The number of benzene rings is 11. The third-order valence-corrected chi connectivity index (χ3v) is 15.3. The van der Waals surface area contributed by atoms with E-state index in [1.54, 1.807) is 0 Å². The lowest BCUT2D eigenvalue weighted by atomic mass is 9.64. The molecule has 0 saturated heterocycles. The molecule has 0 saturated carbocycles. The van der Waals surface area contributed by atoms with Gasteiger partial charge in [0.25, 0.3) is 0 Å². The monoisotopic (exact) mass is 890 g/mol. The summed E-state index contributed by atoms with van der Waals surface area (Å²) in [4.78, 5) is 4.97. The molecule has 1 atom stereocenters. The highest BCUT2D eigenvalue weighted by molar-refractivity contribution is 6.05. The standard InChI is InChI=1S/C68H46N2/c1-7-23-47(24-8-1)55-43-44-64-66-65(55)58-42-40-54(46-62(58)68(66,50-29-13-4-14-30-50)60-37-21-22-38-63(60)70(64)52-33-17-6-18-34-52)69(51-31-15-5-16-32-51)53-39-41-57-56-35-19-20-36-59(56)67(61(57)45-53,48-25-9-2-10-26-48)49-27-11-3-12-28-49/h1-46H. The Morgan fingerprint density at radius 1 is 0.286 bits per heavy atom. The molecule has 0 N–H and O–H groups in total. The van der Waals surface area contributed by atoms with Crippen molar-refractivity contribution < 1.29 is 0 Å². The lowest BCUT2D eigenvalue weighted by Crippen LogP contribution is -2.36. The minimum atomic E-state index is -0.651. The quantitative estimate of drug-likeness (QED) is 0.150. The van der Waals surface area contributed by atoms with Gasteiger partial charge < -0.3 is 9.80 Å². The van der Waals surface area contributed by atoms with E-state index in [1.165, 1.54) is 89.3 Å². The Bertz CT molecular complexity index is 3720. The van der Waals surface area contributed by atoms with Gasteiger partial charge in [0.05, 0.1) is 22.2 Å². The second-order valence-electron chi connectivity index (χ2n) is 18.7. The van der Waals surface area contributed by atoms with Crippen molar-refractivity contribution in [2.45, 2.75) is 10.8 Å². The van der Waals surface area contributed by atoms with Gasteiger partial charge >= 0.3 is 0 Å². The molecule has 2 nitrogen and oxygen atoms in total. The first-order valence-electron chi connectivity index (χ1n) is 24.3. The van der Waals surface area contributed by atoms with Crippen molar-refractivity contribution in [2.24, 2.45) is 0 Å². The van der Waals surface area contributed by atoms with E-state index in [-0.39, 0.29) is 0 Å². The van der Waals surface area contributed by atoms with Crippen LogP contribution in [0.15, 0.2) is 279 Å². The first kappa shape index (κ1) is 40.1. The normalized spacial score (nSPS) is 15.3. The molecule has 0 amide bonds. The van der Waals surface area contributed by atoms with Gasteiger partial charge in [0.2, 0.25) is 0 Å². The van der Waals surface area contributed by atoms with Crippen LogP contribution in [0.2, 0.25) is 0 Å². The van der Waals surface area contributed by atoms with Gasteiger partial charge in [0.15, 0.2) is 0 Å². The molecule has 0 aromatic heterocycles. The first-order chi connectivity index (χ1) is 34.8.